The molecule has 0 bridgehead atoms. The standard InChI is InChI=1S/C28H30ClN3O5/c1-28(2,16-30)17-32(27(34)19-8-11-24-25(13-19)37-18-36-24)14-20-12-21(9-10-23(20)29)31-26(33)15-35-22-6-4-3-5-7-22/h3-13H,14-18,30H2,1-2H3,(H,31,33). The van der Waals surface area contributed by atoms with Gasteiger partial charge in [-0.25, -0.2) is 0 Å². The van der Waals surface area contributed by atoms with E-state index in [4.69, 9.17) is 31.5 Å². The van der Waals surface area contributed by atoms with Crippen molar-refractivity contribution < 1.29 is 23.8 Å². The van der Waals surface area contributed by atoms with Gasteiger partial charge in [0, 0.05) is 29.4 Å². The molecule has 1 heterocycles. The molecule has 0 atom stereocenters. The van der Waals surface area contributed by atoms with Crippen LogP contribution in [-0.2, 0) is 11.3 Å². The van der Waals surface area contributed by atoms with Gasteiger partial charge in [-0.05, 0) is 66.1 Å². The van der Waals surface area contributed by atoms with E-state index >= 15 is 0 Å². The number of carbonyl (C=O) groups is 2. The molecule has 37 heavy (non-hydrogen) atoms. The Kier molecular flexibility index (Phi) is 8.21. The van der Waals surface area contributed by atoms with E-state index in [1.165, 1.54) is 0 Å². The van der Waals surface area contributed by atoms with Crippen molar-refractivity contribution in [3.8, 4) is 17.2 Å². The lowest BCUT2D eigenvalue weighted by Crippen LogP contribution is -2.41. The fourth-order valence-electron chi connectivity index (χ4n) is 3.83. The van der Waals surface area contributed by atoms with Gasteiger partial charge in [-0.2, -0.15) is 0 Å². The summed E-state index contributed by atoms with van der Waals surface area (Å²) in [6.45, 7) is 5.00. The molecule has 3 N–H and O–H groups in total. The molecular weight excluding hydrogens is 494 g/mol. The molecule has 0 saturated carbocycles. The minimum absolute atomic E-state index is 0.126. The lowest BCUT2D eigenvalue weighted by Gasteiger charge is -2.32. The van der Waals surface area contributed by atoms with Crippen LogP contribution in [0.3, 0.4) is 0 Å². The highest BCUT2D eigenvalue weighted by molar-refractivity contribution is 6.31. The van der Waals surface area contributed by atoms with Crippen LogP contribution in [0, 0.1) is 5.41 Å². The maximum absolute atomic E-state index is 13.6. The number of rotatable bonds is 10. The van der Waals surface area contributed by atoms with Crippen LogP contribution in [0.15, 0.2) is 66.7 Å². The van der Waals surface area contributed by atoms with E-state index in [-0.39, 0.29) is 37.2 Å². The van der Waals surface area contributed by atoms with Crippen molar-refractivity contribution in [1.82, 2.24) is 4.90 Å². The van der Waals surface area contributed by atoms with Gasteiger partial charge in [0.05, 0.1) is 0 Å². The Labute approximate surface area is 221 Å². The Morgan fingerprint density at radius 1 is 1.05 bits per heavy atom. The minimum Gasteiger partial charge on any atom is -0.484 e. The second-order valence-corrected chi connectivity index (χ2v) is 9.96. The van der Waals surface area contributed by atoms with Crippen molar-refractivity contribution in [2.45, 2.75) is 20.4 Å². The van der Waals surface area contributed by atoms with Crippen LogP contribution in [0.4, 0.5) is 5.69 Å². The topological polar surface area (TPSA) is 103 Å². The molecule has 4 rings (SSSR count). The molecule has 1 aliphatic rings. The highest BCUT2D eigenvalue weighted by Gasteiger charge is 2.27. The Bertz CT molecular complexity index is 1270. The summed E-state index contributed by atoms with van der Waals surface area (Å²) in [5, 5.41) is 3.30. The summed E-state index contributed by atoms with van der Waals surface area (Å²) < 4.78 is 16.3. The molecule has 0 aliphatic carbocycles. The molecule has 2 amide bonds. The fourth-order valence-corrected chi connectivity index (χ4v) is 4.01. The van der Waals surface area contributed by atoms with Crippen molar-refractivity contribution >= 4 is 29.1 Å². The van der Waals surface area contributed by atoms with E-state index in [2.05, 4.69) is 5.32 Å². The van der Waals surface area contributed by atoms with E-state index in [9.17, 15) is 9.59 Å². The van der Waals surface area contributed by atoms with Gasteiger partial charge in [-0.3, -0.25) is 9.59 Å². The van der Waals surface area contributed by atoms with Gasteiger partial charge < -0.3 is 30.2 Å². The summed E-state index contributed by atoms with van der Waals surface area (Å²) in [6, 6.07) is 19.4. The van der Waals surface area contributed by atoms with E-state index in [1.807, 2.05) is 32.0 Å². The largest absolute Gasteiger partial charge is 0.484 e. The zero-order valence-corrected chi connectivity index (χ0v) is 21.6. The lowest BCUT2D eigenvalue weighted by molar-refractivity contribution is -0.118. The molecule has 194 valence electrons. The van der Waals surface area contributed by atoms with Gasteiger partial charge in [0.15, 0.2) is 18.1 Å². The number of hydrogen-bond donors (Lipinski definition) is 2. The number of para-hydroxylation sites is 1. The third-order valence-corrected chi connectivity index (χ3v) is 6.25. The van der Waals surface area contributed by atoms with Crippen molar-refractivity contribution in [3.05, 3.63) is 82.9 Å². The number of nitrogens with two attached hydrogens (primary N) is 1. The number of halogens is 1. The van der Waals surface area contributed by atoms with Gasteiger partial charge in [0.25, 0.3) is 11.8 Å². The first-order valence-corrected chi connectivity index (χ1v) is 12.3. The molecule has 0 saturated heterocycles. The first kappa shape index (κ1) is 26.3. The monoisotopic (exact) mass is 523 g/mol. The third-order valence-electron chi connectivity index (χ3n) is 5.88. The molecule has 1 aliphatic heterocycles. The number of benzene rings is 3. The number of hydrogen-bond acceptors (Lipinski definition) is 6. The highest BCUT2D eigenvalue weighted by atomic mass is 35.5. The van der Waals surface area contributed by atoms with Crippen LogP contribution in [-0.4, -0.2) is 43.2 Å². The fraction of sp³-hybridized carbons (Fsp3) is 0.286. The van der Waals surface area contributed by atoms with Gasteiger partial charge in [0.1, 0.15) is 5.75 Å². The van der Waals surface area contributed by atoms with Crippen LogP contribution in [0.1, 0.15) is 29.8 Å². The lowest BCUT2D eigenvalue weighted by atomic mass is 9.92. The van der Waals surface area contributed by atoms with E-state index in [0.29, 0.717) is 52.2 Å². The summed E-state index contributed by atoms with van der Waals surface area (Å²) in [6.07, 6.45) is 0. The molecule has 9 heteroatoms. The predicted octanol–water partition coefficient (Wildman–Crippen LogP) is 4.71. The molecule has 0 aromatic heterocycles. The quantitative estimate of drug-likeness (QED) is 0.399. The first-order valence-electron chi connectivity index (χ1n) is 11.9. The Hall–Kier alpha value is -3.75. The molecule has 8 nitrogen and oxygen atoms in total. The second kappa shape index (κ2) is 11.5. The van der Waals surface area contributed by atoms with Gasteiger partial charge >= 0.3 is 0 Å². The molecular formula is C28H30ClN3O5. The van der Waals surface area contributed by atoms with Crippen LogP contribution >= 0.6 is 11.6 Å². The number of anilines is 1. The Balaban J connectivity index is 1.50. The van der Waals surface area contributed by atoms with E-state index < -0.39 is 0 Å². The third kappa shape index (κ3) is 6.93. The summed E-state index contributed by atoms with van der Waals surface area (Å²) in [4.78, 5) is 27.7. The van der Waals surface area contributed by atoms with Crippen molar-refractivity contribution in [3.63, 3.8) is 0 Å². The Morgan fingerprint density at radius 2 is 1.81 bits per heavy atom. The normalized spacial score (nSPS) is 12.2. The molecule has 0 fully saturated rings. The van der Waals surface area contributed by atoms with Crippen molar-refractivity contribution in [2.24, 2.45) is 11.1 Å². The zero-order valence-electron chi connectivity index (χ0n) is 20.8. The summed E-state index contributed by atoms with van der Waals surface area (Å²) >= 11 is 6.51. The van der Waals surface area contributed by atoms with Crippen molar-refractivity contribution in [2.75, 3.05) is 31.8 Å². The minimum atomic E-state index is -0.334. The van der Waals surface area contributed by atoms with Gasteiger partial charge in [0.2, 0.25) is 6.79 Å². The SMILES string of the molecule is CC(C)(CN)CN(Cc1cc(NC(=O)COc2ccccc2)ccc1Cl)C(=O)c1ccc2c(c1)OCO2. The average molecular weight is 524 g/mol. The molecule has 0 radical (unpaired) electrons. The second-order valence-electron chi connectivity index (χ2n) is 9.55. The van der Waals surface area contributed by atoms with Crippen LogP contribution in [0.25, 0.3) is 0 Å². The van der Waals surface area contributed by atoms with E-state index in [1.54, 1.807) is 53.4 Å². The number of amides is 2. The smallest absolute Gasteiger partial charge is 0.262 e. The number of fused-ring (bicyclic) bond motifs is 1. The van der Waals surface area contributed by atoms with Crippen molar-refractivity contribution in [1.29, 1.82) is 0 Å². The van der Waals surface area contributed by atoms with Crippen LogP contribution < -0.4 is 25.3 Å². The summed E-state index contributed by atoms with van der Waals surface area (Å²) in [5.74, 6) is 1.24. The Morgan fingerprint density at radius 3 is 2.57 bits per heavy atom. The molecule has 3 aromatic rings. The van der Waals surface area contributed by atoms with Crippen LogP contribution in [0.2, 0.25) is 5.02 Å². The predicted molar refractivity (Wildman–Crippen MR) is 142 cm³/mol. The summed E-state index contributed by atoms with van der Waals surface area (Å²) in [5.41, 5.74) is 7.35. The number of carbonyl (C=O) groups excluding carboxylic acids is 2. The zero-order chi connectivity index (χ0) is 26.4. The van der Waals surface area contributed by atoms with E-state index in [0.717, 1.165) is 0 Å². The highest BCUT2D eigenvalue weighted by Crippen LogP contribution is 2.33. The first-order chi connectivity index (χ1) is 17.7. The number of nitrogens with one attached hydrogen (secondary N) is 1. The summed E-state index contributed by atoms with van der Waals surface area (Å²) in [7, 11) is 0. The number of nitrogens with zero attached hydrogens (tertiary/aromatic N) is 1. The molecule has 0 unspecified atom stereocenters. The molecule has 0 spiro atoms. The average Bonchev–Trinajstić information content (AvgIpc) is 3.37. The van der Waals surface area contributed by atoms with Gasteiger partial charge in [-0.15, -0.1) is 0 Å². The number of ether oxygens (including phenoxy) is 3. The maximum Gasteiger partial charge on any atom is 0.262 e. The van der Waals surface area contributed by atoms with Crippen LogP contribution in [0.5, 0.6) is 17.2 Å². The van der Waals surface area contributed by atoms with Gasteiger partial charge in [-0.1, -0.05) is 43.6 Å². The maximum atomic E-state index is 13.6. The molecule has 3 aromatic carbocycles.